The highest BCUT2D eigenvalue weighted by molar-refractivity contribution is 5.65. The summed E-state index contributed by atoms with van der Waals surface area (Å²) in [5, 5.41) is 0. The van der Waals surface area contributed by atoms with Crippen molar-refractivity contribution < 1.29 is 18.7 Å². The van der Waals surface area contributed by atoms with Crippen molar-refractivity contribution in [3.63, 3.8) is 0 Å². The lowest BCUT2D eigenvalue weighted by atomic mass is 9.86. The number of nitrogens with zero attached hydrogens (tertiary/aromatic N) is 2. The zero-order valence-corrected chi connectivity index (χ0v) is 21.1. The van der Waals surface area contributed by atoms with Crippen LogP contribution < -0.4 is 15.9 Å². The van der Waals surface area contributed by atoms with Gasteiger partial charge in [-0.3, -0.25) is 4.79 Å². The van der Waals surface area contributed by atoms with E-state index in [4.69, 9.17) is 19.6 Å². The van der Waals surface area contributed by atoms with E-state index >= 15 is 0 Å². The SMILES string of the molecule is NC(=O)O[C@H](Cn1ccnc1-c1occc(=O)c1OCc1ccccc1)C(c1ccccc1)c1ccccc1. The second kappa shape index (κ2) is 12.0. The summed E-state index contributed by atoms with van der Waals surface area (Å²) in [5.74, 6) is 0.251. The summed E-state index contributed by atoms with van der Waals surface area (Å²) in [5.41, 5.74) is 8.01. The molecule has 2 aromatic heterocycles. The van der Waals surface area contributed by atoms with Crippen molar-refractivity contribution in [3.05, 3.63) is 143 Å². The van der Waals surface area contributed by atoms with Crippen molar-refractivity contribution in [1.82, 2.24) is 9.55 Å². The summed E-state index contributed by atoms with van der Waals surface area (Å²) in [6, 6.07) is 30.3. The molecule has 2 heterocycles. The molecular formula is C31H27N3O5. The number of hydrogen-bond donors (Lipinski definition) is 1. The van der Waals surface area contributed by atoms with Crippen LogP contribution in [0.2, 0.25) is 0 Å². The largest absolute Gasteiger partial charge is 0.481 e. The van der Waals surface area contributed by atoms with Crippen LogP contribution in [0.15, 0.2) is 125 Å². The number of hydrogen-bond acceptors (Lipinski definition) is 6. The number of carbonyl (C=O) groups is 1. The molecule has 0 radical (unpaired) electrons. The van der Waals surface area contributed by atoms with E-state index in [1.807, 2.05) is 91.0 Å². The van der Waals surface area contributed by atoms with Crippen molar-refractivity contribution in [2.24, 2.45) is 5.73 Å². The van der Waals surface area contributed by atoms with Crippen LogP contribution in [0.4, 0.5) is 4.79 Å². The molecule has 0 aliphatic carbocycles. The molecule has 2 N–H and O–H groups in total. The van der Waals surface area contributed by atoms with E-state index in [0.717, 1.165) is 16.7 Å². The molecular weight excluding hydrogens is 494 g/mol. The Morgan fingerprint density at radius 2 is 1.51 bits per heavy atom. The Hall–Kier alpha value is -5.11. The molecule has 0 bridgehead atoms. The molecule has 0 spiro atoms. The van der Waals surface area contributed by atoms with Gasteiger partial charge in [0.05, 0.1) is 12.8 Å². The number of amides is 1. The third kappa shape index (κ3) is 6.07. The number of aromatic nitrogens is 2. The van der Waals surface area contributed by atoms with Gasteiger partial charge in [0.25, 0.3) is 0 Å². The molecule has 0 fully saturated rings. The Bertz CT molecular complexity index is 1530. The summed E-state index contributed by atoms with van der Waals surface area (Å²) in [4.78, 5) is 29.3. The lowest BCUT2D eigenvalue weighted by molar-refractivity contribution is 0.0858. The lowest BCUT2D eigenvalue weighted by Gasteiger charge is -2.28. The Labute approximate surface area is 225 Å². The average molecular weight is 522 g/mol. The van der Waals surface area contributed by atoms with Crippen LogP contribution in [0.25, 0.3) is 11.6 Å². The monoisotopic (exact) mass is 521 g/mol. The van der Waals surface area contributed by atoms with Crippen molar-refractivity contribution >= 4 is 6.09 Å². The van der Waals surface area contributed by atoms with E-state index in [-0.39, 0.29) is 36.0 Å². The first-order valence-corrected chi connectivity index (χ1v) is 12.5. The van der Waals surface area contributed by atoms with Gasteiger partial charge in [0.1, 0.15) is 12.7 Å². The molecule has 0 aliphatic heterocycles. The van der Waals surface area contributed by atoms with Crippen LogP contribution in [-0.2, 0) is 17.9 Å². The summed E-state index contributed by atoms with van der Waals surface area (Å²) in [7, 11) is 0. The zero-order chi connectivity index (χ0) is 27.0. The van der Waals surface area contributed by atoms with Gasteiger partial charge < -0.3 is 24.2 Å². The van der Waals surface area contributed by atoms with E-state index < -0.39 is 12.2 Å². The first-order chi connectivity index (χ1) is 19.1. The fourth-order valence-electron chi connectivity index (χ4n) is 4.59. The molecule has 0 aliphatic rings. The summed E-state index contributed by atoms with van der Waals surface area (Å²) in [6.45, 7) is 0.365. The molecule has 1 amide bonds. The normalized spacial score (nSPS) is 11.7. The molecule has 196 valence electrons. The minimum absolute atomic E-state index is 0.0452. The molecule has 5 aromatic rings. The number of rotatable bonds is 10. The van der Waals surface area contributed by atoms with Gasteiger partial charge in [-0.2, -0.15) is 0 Å². The Morgan fingerprint density at radius 3 is 2.13 bits per heavy atom. The summed E-state index contributed by atoms with van der Waals surface area (Å²) in [6.07, 6.45) is 3.03. The Balaban J connectivity index is 1.51. The van der Waals surface area contributed by atoms with Crippen LogP contribution in [0, 0.1) is 0 Å². The van der Waals surface area contributed by atoms with Crippen LogP contribution in [0.5, 0.6) is 5.75 Å². The van der Waals surface area contributed by atoms with Gasteiger partial charge in [0.15, 0.2) is 5.82 Å². The van der Waals surface area contributed by atoms with Crippen LogP contribution in [0.3, 0.4) is 0 Å². The van der Waals surface area contributed by atoms with Crippen LogP contribution in [-0.4, -0.2) is 21.7 Å². The van der Waals surface area contributed by atoms with E-state index in [2.05, 4.69) is 4.98 Å². The van der Waals surface area contributed by atoms with E-state index in [0.29, 0.717) is 5.82 Å². The molecule has 3 aromatic carbocycles. The van der Waals surface area contributed by atoms with Crippen LogP contribution in [0.1, 0.15) is 22.6 Å². The summed E-state index contributed by atoms with van der Waals surface area (Å²) >= 11 is 0. The highest BCUT2D eigenvalue weighted by atomic mass is 16.6. The third-order valence-electron chi connectivity index (χ3n) is 6.31. The number of ether oxygens (including phenoxy) is 2. The quantitative estimate of drug-likeness (QED) is 0.264. The molecule has 0 saturated carbocycles. The first kappa shape index (κ1) is 25.5. The fraction of sp³-hybridized carbons (Fsp3) is 0.129. The van der Waals surface area contributed by atoms with Gasteiger partial charge in [0.2, 0.25) is 16.9 Å². The predicted octanol–water partition coefficient (Wildman–Crippen LogP) is 5.38. The molecule has 0 unspecified atom stereocenters. The van der Waals surface area contributed by atoms with Crippen molar-refractivity contribution in [1.29, 1.82) is 0 Å². The highest BCUT2D eigenvalue weighted by Gasteiger charge is 2.30. The Kier molecular flexibility index (Phi) is 7.83. The minimum atomic E-state index is -0.892. The van der Waals surface area contributed by atoms with E-state index in [1.165, 1.54) is 12.3 Å². The van der Waals surface area contributed by atoms with E-state index in [9.17, 15) is 9.59 Å². The van der Waals surface area contributed by atoms with Gasteiger partial charge in [-0.25, -0.2) is 9.78 Å². The number of benzene rings is 3. The van der Waals surface area contributed by atoms with Gasteiger partial charge in [0, 0.05) is 24.4 Å². The van der Waals surface area contributed by atoms with Crippen molar-refractivity contribution in [3.8, 4) is 17.3 Å². The smallest absolute Gasteiger partial charge is 0.404 e. The van der Waals surface area contributed by atoms with Gasteiger partial charge in [-0.1, -0.05) is 91.0 Å². The molecule has 39 heavy (non-hydrogen) atoms. The maximum absolute atomic E-state index is 12.8. The zero-order valence-electron chi connectivity index (χ0n) is 21.1. The molecule has 5 rings (SSSR count). The second-order valence-electron chi connectivity index (χ2n) is 8.89. The summed E-state index contributed by atoms with van der Waals surface area (Å²) < 4.78 is 19.2. The van der Waals surface area contributed by atoms with Crippen molar-refractivity contribution in [2.75, 3.05) is 0 Å². The van der Waals surface area contributed by atoms with E-state index in [1.54, 1.807) is 17.0 Å². The molecule has 0 saturated heterocycles. The standard InChI is InChI=1S/C31H27N3O5/c32-31(36)39-26(27(23-12-6-2-7-13-23)24-14-8-3-9-15-24)20-34-18-17-33-30(34)29-28(25(35)16-19-37-29)38-21-22-10-4-1-5-11-22/h1-19,26-27H,20-21H2,(H2,32,36)/t26-/m1/s1. The predicted molar refractivity (Wildman–Crippen MR) is 146 cm³/mol. The molecule has 8 nitrogen and oxygen atoms in total. The maximum atomic E-state index is 12.8. The Morgan fingerprint density at radius 1 is 0.897 bits per heavy atom. The average Bonchev–Trinajstić information content (AvgIpc) is 3.42. The fourth-order valence-corrected chi connectivity index (χ4v) is 4.59. The number of imidazole rings is 1. The minimum Gasteiger partial charge on any atom is -0.481 e. The lowest BCUT2D eigenvalue weighted by Crippen LogP contribution is -2.33. The first-order valence-electron chi connectivity index (χ1n) is 12.5. The number of carbonyl (C=O) groups excluding carboxylic acids is 1. The number of nitrogens with two attached hydrogens (primary N) is 1. The maximum Gasteiger partial charge on any atom is 0.404 e. The van der Waals surface area contributed by atoms with Crippen LogP contribution >= 0.6 is 0 Å². The number of primary amides is 1. The highest BCUT2D eigenvalue weighted by Crippen LogP contribution is 2.33. The molecule has 1 atom stereocenters. The van der Waals surface area contributed by atoms with Crippen molar-refractivity contribution in [2.45, 2.75) is 25.2 Å². The second-order valence-corrected chi connectivity index (χ2v) is 8.89. The third-order valence-corrected chi connectivity index (χ3v) is 6.31. The van der Waals surface area contributed by atoms with Gasteiger partial charge >= 0.3 is 6.09 Å². The van der Waals surface area contributed by atoms with Gasteiger partial charge in [-0.15, -0.1) is 0 Å². The molecule has 8 heteroatoms. The van der Waals surface area contributed by atoms with Gasteiger partial charge in [-0.05, 0) is 16.7 Å². The topological polar surface area (TPSA) is 110 Å².